The lowest BCUT2D eigenvalue weighted by Crippen LogP contribution is -2.10. The molecule has 1 amide bonds. The van der Waals surface area contributed by atoms with Crippen LogP contribution in [0, 0.1) is 10.1 Å². The van der Waals surface area contributed by atoms with E-state index in [4.69, 9.17) is 4.74 Å². The van der Waals surface area contributed by atoms with Gasteiger partial charge in [0.05, 0.1) is 28.9 Å². The average molecular weight is 415 g/mol. The van der Waals surface area contributed by atoms with Gasteiger partial charge in [0.15, 0.2) is 0 Å². The van der Waals surface area contributed by atoms with Crippen molar-refractivity contribution in [2.45, 2.75) is 0 Å². The smallest absolute Gasteiger partial charge is 0.337 e. The highest BCUT2D eigenvalue weighted by Gasteiger charge is 2.30. The molecule has 0 radical (unpaired) electrons. The number of hydrogen-bond acceptors (Lipinski definition) is 6. The number of ether oxygens (including phenoxy) is 1. The maximum atomic E-state index is 12.9. The Morgan fingerprint density at radius 3 is 2.35 bits per heavy atom. The predicted molar refractivity (Wildman–Crippen MR) is 116 cm³/mol. The number of methoxy groups -OCH3 is 1. The number of non-ortho nitro benzene ring substituents is 1. The summed E-state index contributed by atoms with van der Waals surface area (Å²) in [6.45, 7) is 0. The molecule has 1 aliphatic heterocycles. The molecule has 8 nitrogen and oxygen atoms in total. The van der Waals surface area contributed by atoms with Crippen LogP contribution in [-0.2, 0) is 9.53 Å². The van der Waals surface area contributed by atoms with E-state index in [9.17, 15) is 19.7 Å². The molecule has 1 heterocycles. The molecule has 31 heavy (non-hydrogen) atoms. The van der Waals surface area contributed by atoms with Crippen LogP contribution >= 0.6 is 0 Å². The van der Waals surface area contributed by atoms with E-state index in [-0.39, 0.29) is 11.6 Å². The molecule has 3 aromatic rings. The lowest BCUT2D eigenvalue weighted by molar-refractivity contribution is -0.384. The predicted octanol–water partition coefficient (Wildman–Crippen LogP) is 4.31. The Balaban J connectivity index is 1.84. The second-order valence-electron chi connectivity index (χ2n) is 6.75. The lowest BCUT2D eigenvalue weighted by atomic mass is 9.99. The molecule has 3 aromatic carbocycles. The van der Waals surface area contributed by atoms with Crippen molar-refractivity contribution in [3.63, 3.8) is 0 Å². The fraction of sp³-hybridized carbons (Fsp3) is 0.0435. The molecule has 154 valence electrons. The number of carbonyl (C=O) groups is 2. The first-order valence-corrected chi connectivity index (χ1v) is 9.33. The highest BCUT2D eigenvalue weighted by molar-refractivity contribution is 6.37. The van der Waals surface area contributed by atoms with Gasteiger partial charge >= 0.3 is 5.97 Å². The number of nitrogens with one attached hydrogen (secondary N) is 2. The molecular weight excluding hydrogens is 398 g/mol. The minimum atomic E-state index is -0.498. The Kier molecular flexibility index (Phi) is 5.19. The molecule has 8 heteroatoms. The quantitative estimate of drug-likeness (QED) is 0.278. The SMILES string of the molecule is COC(=O)c1ccc(NC(=C2C(=O)Nc3ccc([N+](=O)[O-])cc32)c2ccccc2)cc1. The fourth-order valence-electron chi connectivity index (χ4n) is 3.35. The summed E-state index contributed by atoms with van der Waals surface area (Å²) in [6, 6.07) is 20.0. The number of hydrogen-bond donors (Lipinski definition) is 2. The molecule has 0 unspecified atom stereocenters. The van der Waals surface area contributed by atoms with E-state index >= 15 is 0 Å². The van der Waals surface area contributed by atoms with Gasteiger partial charge in [0, 0.05) is 29.1 Å². The van der Waals surface area contributed by atoms with Gasteiger partial charge < -0.3 is 15.4 Å². The summed E-state index contributed by atoms with van der Waals surface area (Å²) < 4.78 is 4.71. The third-order valence-electron chi connectivity index (χ3n) is 4.85. The molecule has 0 atom stereocenters. The van der Waals surface area contributed by atoms with Gasteiger partial charge in [-0.05, 0) is 35.9 Å². The number of fused-ring (bicyclic) bond motifs is 1. The summed E-state index contributed by atoms with van der Waals surface area (Å²) >= 11 is 0. The Morgan fingerprint density at radius 2 is 1.71 bits per heavy atom. The van der Waals surface area contributed by atoms with Gasteiger partial charge in [0.1, 0.15) is 0 Å². The maximum Gasteiger partial charge on any atom is 0.337 e. The van der Waals surface area contributed by atoms with Crippen LogP contribution in [0.25, 0.3) is 11.3 Å². The van der Waals surface area contributed by atoms with Gasteiger partial charge in [-0.2, -0.15) is 0 Å². The number of esters is 1. The van der Waals surface area contributed by atoms with E-state index in [1.165, 1.54) is 25.3 Å². The van der Waals surface area contributed by atoms with Crippen LogP contribution in [0.5, 0.6) is 0 Å². The van der Waals surface area contributed by atoms with E-state index in [1.54, 1.807) is 24.3 Å². The van der Waals surface area contributed by atoms with Crippen molar-refractivity contribution in [3.8, 4) is 0 Å². The van der Waals surface area contributed by atoms with Crippen molar-refractivity contribution in [1.29, 1.82) is 0 Å². The molecule has 0 aromatic heterocycles. The van der Waals surface area contributed by atoms with Crippen LogP contribution in [0.2, 0.25) is 0 Å². The summed E-state index contributed by atoms with van der Waals surface area (Å²) in [5, 5.41) is 17.3. The second kappa shape index (κ2) is 8.11. The third-order valence-corrected chi connectivity index (χ3v) is 4.85. The van der Waals surface area contributed by atoms with Gasteiger partial charge in [-0.3, -0.25) is 14.9 Å². The third kappa shape index (κ3) is 3.86. The number of nitro benzene ring substituents is 1. The number of benzene rings is 3. The molecule has 1 aliphatic rings. The lowest BCUT2D eigenvalue weighted by Gasteiger charge is -2.15. The fourth-order valence-corrected chi connectivity index (χ4v) is 3.35. The van der Waals surface area contributed by atoms with Crippen molar-refractivity contribution in [2.24, 2.45) is 0 Å². The summed E-state index contributed by atoms with van der Waals surface area (Å²) in [4.78, 5) is 35.3. The summed E-state index contributed by atoms with van der Waals surface area (Å²) in [7, 11) is 1.31. The van der Waals surface area contributed by atoms with E-state index in [1.807, 2.05) is 30.3 Å². The second-order valence-corrected chi connectivity index (χ2v) is 6.75. The van der Waals surface area contributed by atoms with Crippen LogP contribution in [0.3, 0.4) is 0 Å². The highest BCUT2D eigenvalue weighted by Crippen LogP contribution is 2.39. The first-order valence-electron chi connectivity index (χ1n) is 9.33. The number of rotatable bonds is 5. The van der Waals surface area contributed by atoms with Gasteiger partial charge in [0.2, 0.25) is 0 Å². The summed E-state index contributed by atoms with van der Waals surface area (Å²) in [6.07, 6.45) is 0. The molecule has 2 N–H and O–H groups in total. The number of anilines is 2. The minimum Gasteiger partial charge on any atom is -0.465 e. The van der Waals surface area contributed by atoms with Crippen molar-refractivity contribution in [2.75, 3.05) is 17.7 Å². The normalized spacial score (nSPS) is 13.8. The number of nitrogens with zero attached hydrogens (tertiary/aromatic N) is 1. The summed E-state index contributed by atoms with van der Waals surface area (Å²) in [5.74, 6) is -0.822. The highest BCUT2D eigenvalue weighted by atomic mass is 16.6. The van der Waals surface area contributed by atoms with Crippen molar-refractivity contribution in [3.05, 3.63) is 99.6 Å². The Hall–Kier alpha value is -4.46. The molecule has 4 rings (SSSR count). The van der Waals surface area contributed by atoms with Crippen molar-refractivity contribution < 1.29 is 19.2 Å². The number of nitro groups is 1. The summed E-state index contributed by atoms with van der Waals surface area (Å²) in [5.41, 5.74) is 3.36. The van der Waals surface area contributed by atoms with Crippen molar-refractivity contribution in [1.82, 2.24) is 0 Å². The van der Waals surface area contributed by atoms with E-state index < -0.39 is 10.9 Å². The van der Waals surface area contributed by atoms with Crippen LogP contribution in [0.4, 0.5) is 17.1 Å². The van der Waals surface area contributed by atoms with Crippen molar-refractivity contribution >= 4 is 40.2 Å². The first kappa shape index (κ1) is 19.8. The van der Waals surface area contributed by atoms with Crippen LogP contribution in [0.1, 0.15) is 21.5 Å². The van der Waals surface area contributed by atoms with Gasteiger partial charge in [-0.15, -0.1) is 0 Å². The maximum absolute atomic E-state index is 12.9. The molecule has 0 bridgehead atoms. The molecule has 0 spiro atoms. The zero-order valence-electron chi connectivity index (χ0n) is 16.4. The molecule has 0 saturated heterocycles. The number of carbonyl (C=O) groups excluding carboxylic acids is 2. The number of amides is 1. The van der Waals surface area contributed by atoms with Gasteiger partial charge in [0.25, 0.3) is 11.6 Å². The molecule has 0 aliphatic carbocycles. The van der Waals surface area contributed by atoms with Crippen LogP contribution in [0.15, 0.2) is 72.8 Å². The van der Waals surface area contributed by atoms with E-state index in [0.717, 1.165) is 5.56 Å². The van der Waals surface area contributed by atoms with Gasteiger partial charge in [-0.1, -0.05) is 30.3 Å². The van der Waals surface area contributed by atoms with E-state index in [2.05, 4.69) is 10.6 Å². The topological polar surface area (TPSA) is 111 Å². The Morgan fingerprint density at radius 1 is 1.00 bits per heavy atom. The molecular formula is C23H17N3O5. The average Bonchev–Trinajstić information content (AvgIpc) is 3.12. The van der Waals surface area contributed by atoms with Crippen LogP contribution in [-0.4, -0.2) is 23.9 Å². The largest absolute Gasteiger partial charge is 0.465 e. The zero-order valence-corrected chi connectivity index (χ0v) is 16.4. The Labute approximate surface area is 177 Å². The van der Waals surface area contributed by atoms with E-state index in [0.29, 0.717) is 33.8 Å². The van der Waals surface area contributed by atoms with Crippen LogP contribution < -0.4 is 10.6 Å². The zero-order chi connectivity index (χ0) is 22.0. The Bertz CT molecular complexity index is 1220. The van der Waals surface area contributed by atoms with Gasteiger partial charge in [-0.25, -0.2) is 4.79 Å². The first-order chi connectivity index (χ1) is 15.0. The standard InChI is InChI=1S/C23H17N3O5/c1-31-23(28)15-7-9-16(10-8-15)24-21(14-5-3-2-4-6-14)20-18-13-17(26(29)30)11-12-19(18)25-22(20)27/h2-13,24H,1H3,(H,25,27). The monoisotopic (exact) mass is 415 g/mol. The minimum absolute atomic E-state index is 0.109. The molecule has 0 fully saturated rings. The molecule has 0 saturated carbocycles.